The minimum atomic E-state index is -0.308. The zero-order valence-corrected chi connectivity index (χ0v) is 22.1. The van der Waals surface area contributed by atoms with Crippen molar-refractivity contribution in [3.05, 3.63) is 89.9 Å². The molecule has 6 rings (SSSR count). The third kappa shape index (κ3) is 5.81. The third-order valence-electron chi connectivity index (χ3n) is 7.61. The van der Waals surface area contributed by atoms with Crippen LogP contribution in [0.2, 0.25) is 0 Å². The number of pyridine rings is 1. The number of carbonyl (C=O) groups is 1. The van der Waals surface area contributed by atoms with Gasteiger partial charge in [-0.2, -0.15) is 5.10 Å². The molecule has 4 aromatic rings. The highest BCUT2D eigenvalue weighted by atomic mass is 16.5. The second kappa shape index (κ2) is 10.9. The van der Waals surface area contributed by atoms with Gasteiger partial charge in [0, 0.05) is 34.8 Å². The predicted octanol–water partition coefficient (Wildman–Crippen LogP) is 5.72. The van der Waals surface area contributed by atoms with Gasteiger partial charge in [-0.15, -0.1) is 0 Å². The Balaban J connectivity index is 1.14. The van der Waals surface area contributed by atoms with Crippen molar-refractivity contribution < 1.29 is 9.53 Å². The van der Waals surface area contributed by atoms with Crippen molar-refractivity contribution in [1.29, 1.82) is 0 Å². The lowest BCUT2D eigenvalue weighted by Crippen LogP contribution is -2.29. The Labute approximate surface area is 228 Å². The maximum atomic E-state index is 12.9. The number of ether oxygens (including phenoxy) is 1. The molecule has 2 aliphatic rings. The average molecular weight is 523 g/mol. The summed E-state index contributed by atoms with van der Waals surface area (Å²) in [5.74, 6) is 1.33. The number of nitrogen functional groups attached to an aromatic ring is 1. The van der Waals surface area contributed by atoms with Crippen LogP contribution in [0.1, 0.15) is 72.2 Å². The molecular weight excluding hydrogens is 488 g/mol. The number of benzene rings is 2. The molecule has 3 heterocycles. The molecular formula is C31H34N6O2. The molecule has 200 valence electrons. The monoisotopic (exact) mass is 522 g/mol. The summed E-state index contributed by atoms with van der Waals surface area (Å²) in [6.45, 7) is 3.98. The van der Waals surface area contributed by atoms with Gasteiger partial charge in [-0.25, -0.2) is 4.98 Å². The summed E-state index contributed by atoms with van der Waals surface area (Å²) in [5.41, 5.74) is 11.6. The fourth-order valence-corrected chi connectivity index (χ4v) is 5.15. The SMILES string of the molecule is CC(Oc1cc(-c2cnn(C3CCNCC3)c2)cnc1N)c1cccc(NC(=O)c2cccc(C3CC3)c2)c1. The smallest absolute Gasteiger partial charge is 0.255 e. The molecule has 1 aliphatic heterocycles. The normalized spacial score (nSPS) is 16.5. The van der Waals surface area contributed by atoms with Gasteiger partial charge in [0.05, 0.1) is 12.2 Å². The largest absolute Gasteiger partial charge is 0.482 e. The van der Waals surface area contributed by atoms with Crippen LogP contribution in [0.4, 0.5) is 11.5 Å². The Hall–Kier alpha value is -4.17. The van der Waals surface area contributed by atoms with E-state index in [0.717, 1.165) is 48.3 Å². The molecule has 1 aliphatic carbocycles. The van der Waals surface area contributed by atoms with Crippen LogP contribution >= 0.6 is 0 Å². The molecule has 0 spiro atoms. The zero-order chi connectivity index (χ0) is 26.8. The second-order valence-electron chi connectivity index (χ2n) is 10.5. The van der Waals surface area contributed by atoms with Gasteiger partial charge in [-0.3, -0.25) is 9.48 Å². The molecule has 8 nitrogen and oxygen atoms in total. The average Bonchev–Trinajstić information content (AvgIpc) is 3.71. The predicted molar refractivity (Wildman–Crippen MR) is 153 cm³/mol. The van der Waals surface area contributed by atoms with Crippen LogP contribution in [0.3, 0.4) is 0 Å². The van der Waals surface area contributed by atoms with Crippen molar-refractivity contribution in [3.63, 3.8) is 0 Å². The van der Waals surface area contributed by atoms with E-state index in [1.165, 1.54) is 18.4 Å². The number of piperidine rings is 1. The number of hydrogen-bond donors (Lipinski definition) is 3. The molecule has 1 saturated carbocycles. The molecule has 1 unspecified atom stereocenters. The van der Waals surface area contributed by atoms with Gasteiger partial charge in [0.25, 0.3) is 5.91 Å². The molecule has 2 aromatic heterocycles. The molecule has 8 heteroatoms. The van der Waals surface area contributed by atoms with E-state index >= 15 is 0 Å². The molecule has 39 heavy (non-hydrogen) atoms. The van der Waals surface area contributed by atoms with E-state index in [1.807, 2.05) is 61.7 Å². The fraction of sp³-hybridized carbons (Fsp3) is 0.323. The number of anilines is 2. The van der Waals surface area contributed by atoms with Crippen LogP contribution in [-0.4, -0.2) is 33.8 Å². The van der Waals surface area contributed by atoms with Crippen LogP contribution in [0.5, 0.6) is 5.75 Å². The van der Waals surface area contributed by atoms with Crippen molar-refractivity contribution >= 4 is 17.4 Å². The Morgan fingerprint density at radius 1 is 1.05 bits per heavy atom. The summed E-state index contributed by atoms with van der Waals surface area (Å²) in [6.07, 6.45) is 9.94. The van der Waals surface area contributed by atoms with E-state index in [-0.39, 0.29) is 12.0 Å². The van der Waals surface area contributed by atoms with E-state index in [2.05, 4.69) is 37.7 Å². The first kappa shape index (κ1) is 25.1. The highest BCUT2D eigenvalue weighted by molar-refractivity contribution is 6.04. The van der Waals surface area contributed by atoms with Gasteiger partial charge in [-0.05, 0) is 93.1 Å². The van der Waals surface area contributed by atoms with E-state index in [1.54, 1.807) is 6.20 Å². The summed E-state index contributed by atoms with van der Waals surface area (Å²) < 4.78 is 8.33. The Bertz CT molecular complexity index is 1470. The van der Waals surface area contributed by atoms with Gasteiger partial charge in [0.15, 0.2) is 11.6 Å². The molecule has 1 amide bonds. The van der Waals surface area contributed by atoms with Crippen molar-refractivity contribution in [2.75, 3.05) is 24.1 Å². The standard InChI is InChI=1S/C31H34N6O2/c1-20(22-4-3-7-27(15-22)36-31(38)24-6-2-5-23(14-24)21-8-9-21)39-29-16-25(17-34-30(29)32)26-18-35-37(19-26)28-10-12-33-13-11-28/h2-7,14-21,28,33H,8-13H2,1H3,(H2,32,34)(H,36,38). The van der Waals surface area contributed by atoms with Gasteiger partial charge in [0.1, 0.15) is 6.10 Å². The highest BCUT2D eigenvalue weighted by Crippen LogP contribution is 2.40. The summed E-state index contributed by atoms with van der Waals surface area (Å²) in [5, 5.41) is 11.0. The molecule has 2 aromatic carbocycles. The van der Waals surface area contributed by atoms with Crippen LogP contribution in [0.15, 0.2) is 73.2 Å². The first-order valence-corrected chi connectivity index (χ1v) is 13.7. The van der Waals surface area contributed by atoms with Crippen molar-refractivity contribution in [2.45, 2.75) is 50.7 Å². The van der Waals surface area contributed by atoms with Crippen molar-refractivity contribution in [2.24, 2.45) is 0 Å². The lowest BCUT2D eigenvalue weighted by Gasteiger charge is -2.22. The van der Waals surface area contributed by atoms with E-state index in [4.69, 9.17) is 10.5 Å². The number of hydrogen-bond acceptors (Lipinski definition) is 6. The van der Waals surface area contributed by atoms with Crippen molar-refractivity contribution in [1.82, 2.24) is 20.1 Å². The van der Waals surface area contributed by atoms with E-state index in [9.17, 15) is 4.79 Å². The number of nitrogens with two attached hydrogens (primary N) is 1. The van der Waals surface area contributed by atoms with Gasteiger partial charge >= 0.3 is 0 Å². The Morgan fingerprint density at radius 2 is 1.87 bits per heavy atom. The minimum absolute atomic E-state index is 0.116. The van der Waals surface area contributed by atoms with Crippen LogP contribution < -0.4 is 21.1 Å². The molecule has 1 atom stereocenters. The van der Waals surface area contributed by atoms with E-state index in [0.29, 0.717) is 29.1 Å². The van der Waals surface area contributed by atoms with Crippen LogP contribution in [0.25, 0.3) is 11.1 Å². The number of nitrogens with zero attached hydrogens (tertiary/aromatic N) is 3. The quantitative estimate of drug-likeness (QED) is 0.273. The van der Waals surface area contributed by atoms with Gasteiger partial charge in [-0.1, -0.05) is 24.3 Å². The first-order chi connectivity index (χ1) is 19.0. The number of nitrogens with one attached hydrogen (secondary N) is 2. The number of aromatic nitrogens is 3. The topological polar surface area (TPSA) is 107 Å². The lowest BCUT2D eigenvalue weighted by atomic mass is 10.1. The molecule has 0 radical (unpaired) electrons. The maximum absolute atomic E-state index is 12.9. The third-order valence-corrected chi connectivity index (χ3v) is 7.61. The Morgan fingerprint density at radius 3 is 2.69 bits per heavy atom. The molecule has 0 bridgehead atoms. The highest BCUT2D eigenvalue weighted by Gasteiger charge is 2.24. The van der Waals surface area contributed by atoms with Crippen LogP contribution in [0, 0.1) is 0 Å². The summed E-state index contributed by atoms with van der Waals surface area (Å²) >= 11 is 0. The van der Waals surface area contributed by atoms with E-state index < -0.39 is 0 Å². The summed E-state index contributed by atoms with van der Waals surface area (Å²) in [7, 11) is 0. The Kier molecular flexibility index (Phi) is 7.02. The van der Waals surface area contributed by atoms with Crippen molar-refractivity contribution in [3.8, 4) is 16.9 Å². The molecule has 2 fully saturated rings. The summed E-state index contributed by atoms with van der Waals surface area (Å²) in [6, 6.07) is 18.0. The summed E-state index contributed by atoms with van der Waals surface area (Å²) in [4.78, 5) is 17.3. The maximum Gasteiger partial charge on any atom is 0.255 e. The fourth-order valence-electron chi connectivity index (χ4n) is 5.15. The van der Waals surface area contributed by atoms with Crippen LogP contribution in [-0.2, 0) is 0 Å². The lowest BCUT2D eigenvalue weighted by molar-refractivity contribution is 0.102. The zero-order valence-electron chi connectivity index (χ0n) is 22.1. The first-order valence-electron chi connectivity index (χ1n) is 13.7. The number of carbonyl (C=O) groups excluding carboxylic acids is 1. The van der Waals surface area contributed by atoms with Gasteiger partial charge < -0.3 is 21.1 Å². The number of rotatable bonds is 8. The van der Waals surface area contributed by atoms with Gasteiger partial charge in [0.2, 0.25) is 0 Å². The second-order valence-corrected chi connectivity index (χ2v) is 10.5. The molecule has 4 N–H and O–H groups in total. The minimum Gasteiger partial charge on any atom is -0.482 e. The number of amides is 1. The molecule has 1 saturated heterocycles.